The lowest BCUT2D eigenvalue weighted by Crippen LogP contribution is -2.46. The van der Waals surface area contributed by atoms with Crippen LogP contribution < -0.4 is 5.32 Å². The summed E-state index contributed by atoms with van der Waals surface area (Å²) in [6.07, 6.45) is 11.7. The minimum absolute atomic E-state index is 0.918. The molecule has 3 fully saturated rings. The predicted octanol–water partition coefficient (Wildman–Crippen LogP) is 3.03. The van der Waals surface area contributed by atoms with E-state index in [1.54, 1.807) is 0 Å². The Labute approximate surface area is 113 Å². The van der Waals surface area contributed by atoms with E-state index in [9.17, 15) is 0 Å². The maximum absolute atomic E-state index is 3.50. The molecule has 0 amide bonds. The van der Waals surface area contributed by atoms with Gasteiger partial charge in [-0.05, 0) is 63.5 Å². The van der Waals surface area contributed by atoms with Crippen LogP contribution in [0, 0.1) is 11.8 Å². The van der Waals surface area contributed by atoms with Crippen molar-refractivity contribution >= 4 is 0 Å². The summed E-state index contributed by atoms with van der Waals surface area (Å²) in [7, 11) is 0. The first-order valence-corrected chi connectivity index (χ1v) is 8.31. The lowest BCUT2D eigenvalue weighted by Gasteiger charge is -2.41. The Morgan fingerprint density at radius 3 is 2.33 bits per heavy atom. The molecule has 0 spiro atoms. The van der Waals surface area contributed by atoms with Gasteiger partial charge in [-0.15, -0.1) is 0 Å². The highest BCUT2D eigenvalue weighted by atomic mass is 15.2. The molecule has 0 radical (unpaired) electrons. The van der Waals surface area contributed by atoms with Crippen LogP contribution in [0.3, 0.4) is 0 Å². The first kappa shape index (κ1) is 12.9. The minimum Gasteiger partial charge on any atom is -0.317 e. The van der Waals surface area contributed by atoms with Crippen LogP contribution in [0.1, 0.15) is 58.3 Å². The normalized spacial score (nSPS) is 35.0. The SMILES string of the molecule is CC1CCCCC1N(CC1CCNCC1)C1CC1. The second kappa shape index (κ2) is 5.92. The minimum atomic E-state index is 0.918. The topological polar surface area (TPSA) is 15.3 Å². The Hall–Kier alpha value is -0.0800. The number of nitrogens with zero attached hydrogens (tertiary/aromatic N) is 1. The number of hydrogen-bond donors (Lipinski definition) is 1. The molecule has 1 aliphatic heterocycles. The van der Waals surface area contributed by atoms with Crippen molar-refractivity contribution in [3.63, 3.8) is 0 Å². The van der Waals surface area contributed by atoms with Crippen molar-refractivity contribution in [1.82, 2.24) is 10.2 Å². The van der Waals surface area contributed by atoms with Gasteiger partial charge in [-0.1, -0.05) is 19.8 Å². The van der Waals surface area contributed by atoms with Gasteiger partial charge < -0.3 is 5.32 Å². The monoisotopic (exact) mass is 250 g/mol. The van der Waals surface area contributed by atoms with Crippen LogP contribution in [0.4, 0.5) is 0 Å². The quantitative estimate of drug-likeness (QED) is 0.825. The summed E-state index contributed by atoms with van der Waals surface area (Å²) in [6.45, 7) is 6.41. The first-order valence-electron chi connectivity index (χ1n) is 8.31. The summed E-state index contributed by atoms with van der Waals surface area (Å²) < 4.78 is 0. The van der Waals surface area contributed by atoms with E-state index in [-0.39, 0.29) is 0 Å². The first-order chi connectivity index (χ1) is 8.84. The summed E-state index contributed by atoms with van der Waals surface area (Å²) in [6, 6.07) is 1.88. The van der Waals surface area contributed by atoms with Crippen molar-refractivity contribution in [3.8, 4) is 0 Å². The Balaban J connectivity index is 1.59. The van der Waals surface area contributed by atoms with Crippen molar-refractivity contribution in [2.45, 2.75) is 70.4 Å². The van der Waals surface area contributed by atoms with E-state index in [4.69, 9.17) is 0 Å². The van der Waals surface area contributed by atoms with Gasteiger partial charge in [-0.25, -0.2) is 0 Å². The van der Waals surface area contributed by atoms with E-state index in [0.29, 0.717) is 0 Å². The predicted molar refractivity (Wildman–Crippen MR) is 76.7 cm³/mol. The van der Waals surface area contributed by atoms with Crippen LogP contribution in [-0.2, 0) is 0 Å². The molecular weight excluding hydrogens is 220 g/mol. The Kier molecular flexibility index (Phi) is 4.25. The zero-order valence-corrected chi connectivity index (χ0v) is 12.0. The molecule has 2 heteroatoms. The zero-order valence-electron chi connectivity index (χ0n) is 12.0. The molecule has 18 heavy (non-hydrogen) atoms. The lowest BCUT2D eigenvalue weighted by atomic mass is 9.84. The smallest absolute Gasteiger partial charge is 0.0124 e. The highest BCUT2D eigenvalue weighted by Crippen LogP contribution is 2.37. The molecule has 3 aliphatic rings. The highest BCUT2D eigenvalue weighted by molar-refractivity contribution is 4.93. The van der Waals surface area contributed by atoms with Gasteiger partial charge in [0.1, 0.15) is 0 Å². The number of nitrogens with one attached hydrogen (secondary N) is 1. The third-order valence-corrected chi connectivity index (χ3v) is 5.44. The summed E-state index contributed by atoms with van der Waals surface area (Å²) >= 11 is 0. The molecular formula is C16H30N2. The Bertz CT molecular complexity index is 256. The van der Waals surface area contributed by atoms with Crippen molar-refractivity contribution < 1.29 is 0 Å². The molecule has 0 aromatic rings. The van der Waals surface area contributed by atoms with Gasteiger partial charge in [0.25, 0.3) is 0 Å². The summed E-state index contributed by atoms with van der Waals surface area (Å²) in [5.74, 6) is 1.92. The van der Waals surface area contributed by atoms with Crippen LogP contribution >= 0.6 is 0 Å². The van der Waals surface area contributed by atoms with E-state index >= 15 is 0 Å². The molecule has 104 valence electrons. The Morgan fingerprint density at radius 1 is 0.944 bits per heavy atom. The van der Waals surface area contributed by atoms with Gasteiger partial charge in [-0.3, -0.25) is 4.90 Å². The van der Waals surface area contributed by atoms with Gasteiger partial charge in [0.05, 0.1) is 0 Å². The maximum Gasteiger partial charge on any atom is 0.0124 e. The molecule has 1 saturated heterocycles. The van der Waals surface area contributed by atoms with Crippen LogP contribution in [-0.4, -0.2) is 36.6 Å². The van der Waals surface area contributed by atoms with Crippen molar-refractivity contribution in [1.29, 1.82) is 0 Å². The maximum atomic E-state index is 3.50. The molecule has 3 rings (SSSR count). The fourth-order valence-corrected chi connectivity index (χ4v) is 4.11. The number of rotatable bonds is 4. The van der Waals surface area contributed by atoms with Crippen molar-refractivity contribution in [2.75, 3.05) is 19.6 Å². The average Bonchev–Trinajstić information content (AvgIpc) is 3.23. The third-order valence-electron chi connectivity index (χ3n) is 5.44. The molecule has 2 saturated carbocycles. The van der Waals surface area contributed by atoms with Gasteiger partial charge in [0, 0.05) is 18.6 Å². The van der Waals surface area contributed by atoms with E-state index in [0.717, 1.165) is 23.9 Å². The molecule has 0 aromatic carbocycles. The molecule has 1 heterocycles. The van der Waals surface area contributed by atoms with Crippen LogP contribution in [0.5, 0.6) is 0 Å². The number of piperidine rings is 1. The molecule has 2 atom stereocenters. The fourth-order valence-electron chi connectivity index (χ4n) is 4.11. The van der Waals surface area contributed by atoms with Crippen LogP contribution in [0.2, 0.25) is 0 Å². The second-order valence-corrected chi connectivity index (χ2v) is 6.95. The molecule has 2 unspecified atom stereocenters. The fraction of sp³-hybridized carbons (Fsp3) is 1.00. The largest absolute Gasteiger partial charge is 0.317 e. The number of hydrogen-bond acceptors (Lipinski definition) is 2. The standard InChI is InChI=1S/C16H30N2/c1-13-4-2-3-5-16(13)18(15-6-7-15)12-14-8-10-17-11-9-14/h13-17H,2-12H2,1H3. The molecule has 0 aromatic heterocycles. The second-order valence-electron chi connectivity index (χ2n) is 6.95. The van der Waals surface area contributed by atoms with Gasteiger partial charge in [-0.2, -0.15) is 0 Å². The molecule has 2 aliphatic carbocycles. The molecule has 0 bridgehead atoms. The Morgan fingerprint density at radius 2 is 1.67 bits per heavy atom. The van der Waals surface area contributed by atoms with Gasteiger partial charge >= 0.3 is 0 Å². The molecule has 1 N–H and O–H groups in total. The zero-order chi connectivity index (χ0) is 12.4. The van der Waals surface area contributed by atoms with Crippen LogP contribution in [0.15, 0.2) is 0 Å². The lowest BCUT2D eigenvalue weighted by molar-refractivity contribution is 0.0802. The van der Waals surface area contributed by atoms with E-state index < -0.39 is 0 Å². The summed E-state index contributed by atoms with van der Waals surface area (Å²) in [4.78, 5) is 2.94. The highest BCUT2D eigenvalue weighted by Gasteiger charge is 2.38. The molecule has 2 nitrogen and oxygen atoms in total. The third kappa shape index (κ3) is 3.08. The van der Waals surface area contributed by atoms with Crippen molar-refractivity contribution in [3.05, 3.63) is 0 Å². The van der Waals surface area contributed by atoms with E-state index in [2.05, 4.69) is 17.1 Å². The van der Waals surface area contributed by atoms with Crippen LogP contribution in [0.25, 0.3) is 0 Å². The van der Waals surface area contributed by atoms with Crippen molar-refractivity contribution in [2.24, 2.45) is 11.8 Å². The average molecular weight is 250 g/mol. The van der Waals surface area contributed by atoms with E-state index in [1.807, 2.05) is 0 Å². The van der Waals surface area contributed by atoms with Gasteiger partial charge in [0.2, 0.25) is 0 Å². The van der Waals surface area contributed by atoms with E-state index in [1.165, 1.54) is 71.0 Å². The summed E-state index contributed by atoms with van der Waals surface area (Å²) in [5.41, 5.74) is 0. The van der Waals surface area contributed by atoms with Gasteiger partial charge in [0.15, 0.2) is 0 Å². The summed E-state index contributed by atoms with van der Waals surface area (Å²) in [5, 5.41) is 3.50.